The largest absolute Gasteiger partial charge is 0.459 e. The van der Waals surface area contributed by atoms with Gasteiger partial charge in [0, 0.05) is 24.3 Å². The summed E-state index contributed by atoms with van der Waals surface area (Å²) in [4.78, 5) is 21.8. The summed E-state index contributed by atoms with van der Waals surface area (Å²) >= 11 is 0. The van der Waals surface area contributed by atoms with E-state index in [-0.39, 0.29) is 17.7 Å². The van der Waals surface area contributed by atoms with Crippen molar-refractivity contribution in [3.05, 3.63) is 11.8 Å². The zero-order valence-electron chi connectivity index (χ0n) is 13.2. The Bertz CT molecular complexity index is 532. The van der Waals surface area contributed by atoms with Crippen LogP contribution in [0, 0.1) is 0 Å². The normalized spacial score (nSPS) is 21.6. The second kappa shape index (κ2) is 6.48. The molecule has 1 saturated heterocycles. The van der Waals surface area contributed by atoms with Gasteiger partial charge in [-0.15, -0.1) is 0 Å². The van der Waals surface area contributed by atoms with Crippen LogP contribution in [0.1, 0.15) is 39.3 Å². The van der Waals surface area contributed by atoms with Crippen molar-refractivity contribution in [3.8, 4) is 0 Å². The monoisotopic (exact) mass is 310 g/mol. The lowest BCUT2D eigenvalue weighted by molar-refractivity contribution is -0.145. The highest BCUT2D eigenvalue weighted by molar-refractivity contribution is 5.79. The molecule has 7 heteroatoms. The highest BCUT2D eigenvalue weighted by atomic mass is 16.6. The number of carbonyl (C=O) groups is 2. The van der Waals surface area contributed by atoms with Crippen molar-refractivity contribution in [1.82, 2.24) is 5.16 Å². The molecule has 2 rings (SSSR count). The van der Waals surface area contributed by atoms with E-state index in [1.54, 1.807) is 6.07 Å². The number of hydrogen-bond acceptors (Lipinski definition) is 7. The Balaban J connectivity index is 2.08. The summed E-state index contributed by atoms with van der Waals surface area (Å²) in [5.41, 5.74) is -0.243. The minimum Gasteiger partial charge on any atom is -0.459 e. The lowest BCUT2D eigenvalue weighted by Gasteiger charge is -2.33. The second-order valence-corrected chi connectivity index (χ2v) is 6.39. The fraction of sp³-hybridized carbons (Fsp3) is 0.667. The molecule has 1 atom stereocenters. The number of rotatable bonds is 8. The van der Waals surface area contributed by atoms with Crippen molar-refractivity contribution in [1.29, 1.82) is 0 Å². The van der Waals surface area contributed by atoms with Gasteiger partial charge in [-0.3, -0.25) is 9.59 Å². The van der Waals surface area contributed by atoms with Gasteiger partial charge in [-0.05, 0) is 6.92 Å². The van der Waals surface area contributed by atoms with Gasteiger partial charge in [0.15, 0.2) is 0 Å². The maximum atomic E-state index is 11.0. The van der Waals surface area contributed by atoms with Crippen LogP contribution in [-0.4, -0.2) is 42.8 Å². The number of carbonyl (C=O) groups excluding carboxylic acids is 2. The maximum Gasteiger partial charge on any atom is 0.293 e. The molecule has 1 unspecified atom stereocenters. The van der Waals surface area contributed by atoms with Gasteiger partial charge < -0.3 is 19.3 Å². The Hall–Kier alpha value is -1.89. The smallest absolute Gasteiger partial charge is 0.293 e. The highest BCUT2D eigenvalue weighted by Crippen LogP contribution is 2.38. The molecule has 1 aliphatic rings. The van der Waals surface area contributed by atoms with Crippen LogP contribution >= 0.6 is 0 Å². The minimum atomic E-state index is -0.614. The van der Waals surface area contributed by atoms with Crippen LogP contribution in [-0.2, 0) is 24.5 Å². The van der Waals surface area contributed by atoms with Crippen LogP contribution in [0.3, 0.4) is 0 Å². The molecule has 1 aliphatic heterocycles. The van der Waals surface area contributed by atoms with E-state index in [2.05, 4.69) is 10.5 Å². The Kier molecular flexibility index (Phi) is 4.85. The van der Waals surface area contributed by atoms with Crippen molar-refractivity contribution < 1.29 is 23.6 Å². The van der Waals surface area contributed by atoms with Crippen molar-refractivity contribution in [2.75, 3.05) is 25.1 Å². The molecule has 22 heavy (non-hydrogen) atoms. The molecule has 1 N–H and O–H groups in total. The van der Waals surface area contributed by atoms with Crippen LogP contribution in [0.25, 0.3) is 0 Å². The zero-order valence-corrected chi connectivity index (χ0v) is 13.2. The Morgan fingerprint density at radius 3 is 2.95 bits per heavy atom. The van der Waals surface area contributed by atoms with E-state index < -0.39 is 5.60 Å². The summed E-state index contributed by atoms with van der Waals surface area (Å²) in [6, 6.07) is 1.77. The van der Waals surface area contributed by atoms with Crippen LogP contribution in [0.2, 0.25) is 0 Å². The minimum absolute atomic E-state index is 0.0126. The zero-order chi connectivity index (χ0) is 16.2. The lowest BCUT2D eigenvalue weighted by atomic mass is 9.77. The van der Waals surface area contributed by atoms with Crippen LogP contribution in [0.4, 0.5) is 5.88 Å². The van der Waals surface area contributed by atoms with Gasteiger partial charge in [0.25, 0.3) is 6.47 Å². The molecule has 0 saturated carbocycles. The predicted molar refractivity (Wildman–Crippen MR) is 78.6 cm³/mol. The lowest BCUT2D eigenvalue weighted by Crippen LogP contribution is -2.39. The number of ketones is 1. The van der Waals surface area contributed by atoms with Gasteiger partial charge in [-0.1, -0.05) is 19.0 Å². The average Bonchev–Trinajstić information content (AvgIpc) is 3.06. The van der Waals surface area contributed by atoms with Crippen LogP contribution in [0.15, 0.2) is 10.6 Å². The first-order valence-electron chi connectivity index (χ1n) is 7.27. The van der Waals surface area contributed by atoms with Gasteiger partial charge in [0.05, 0.1) is 25.5 Å². The summed E-state index contributed by atoms with van der Waals surface area (Å²) in [6.45, 7) is 7.15. The van der Waals surface area contributed by atoms with Crippen LogP contribution in [0.5, 0.6) is 0 Å². The summed E-state index contributed by atoms with van der Waals surface area (Å²) in [5, 5.41) is 6.94. The molecule has 0 aliphatic carbocycles. The number of aromatic nitrogens is 1. The molecule has 0 radical (unpaired) electrons. The number of hydrogen-bond donors (Lipinski definition) is 1. The molecule has 0 spiro atoms. The van der Waals surface area contributed by atoms with Gasteiger partial charge in [0.2, 0.25) is 5.88 Å². The van der Waals surface area contributed by atoms with E-state index in [1.807, 2.05) is 13.8 Å². The Labute approximate surface area is 129 Å². The molecule has 0 bridgehead atoms. The molecule has 122 valence electrons. The summed E-state index contributed by atoms with van der Waals surface area (Å²) in [6.07, 6.45) is 1.25. The number of Topliss-reactive ketones (excluding diaryl/α,β-unsaturated/α-hetero) is 1. The standard InChI is InChI=1S/C15H22N2O5/c1-11(19)7-16-13-6-12(17-22-13)14(2,3)8-15(21-10-18)4-5-20-9-15/h6,10,16H,4-5,7-9H2,1-3H3. The third-order valence-electron chi connectivity index (χ3n) is 3.84. The van der Waals surface area contributed by atoms with Gasteiger partial charge in [-0.2, -0.15) is 0 Å². The number of anilines is 1. The van der Waals surface area contributed by atoms with E-state index in [0.29, 0.717) is 38.4 Å². The second-order valence-electron chi connectivity index (χ2n) is 6.39. The topological polar surface area (TPSA) is 90.7 Å². The Morgan fingerprint density at radius 2 is 2.36 bits per heavy atom. The van der Waals surface area contributed by atoms with E-state index >= 15 is 0 Å². The van der Waals surface area contributed by atoms with E-state index in [4.69, 9.17) is 14.0 Å². The third kappa shape index (κ3) is 3.85. The average molecular weight is 310 g/mol. The molecule has 0 amide bonds. The van der Waals surface area contributed by atoms with Gasteiger partial charge in [-0.25, -0.2) is 0 Å². The van der Waals surface area contributed by atoms with Crippen molar-refractivity contribution in [2.45, 2.75) is 44.6 Å². The first kappa shape index (κ1) is 16.5. The van der Waals surface area contributed by atoms with Gasteiger partial charge in [0.1, 0.15) is 11.4 Å². The van der Waals surface area contributed by atoms with Crippen LogP contribution < -0.4 is 5.32 Å². The quantitative estimate of drug-likeness (QED) is 0.730. The molecular weight excluding hydrogens is 288 g/mol. The number of ether oxygens (including phenoxy) is 2. The predicted octanol–water partition coefficient (Wildman–Crippen LogP) is 1.68. The molecule has 2 heterocycles. The first-order chi connectivity index (χ1) is 10.4. The molecule has 0 aromatic carbocycles. The van der Waals surface area contributed by atoms with E-state index in [1.165, 1.54) is 6.92 Å². The number of nitrogens with zero attached hydrogens (tertiary/aromatic N) is 1. The highest BCUT2D eigenvalue weighted by Gasteiger charge is 2.43. The molecule has 1 aromatic rings. The maximum absolute atomic E-state index is 11.0. The molecular formula is C15H22N2O5. The van der Waals surface area contributed by atoms with Crippen molar-refractivity contribution in [2.24, 2.45) is 0 Å². The molecule has 7 nitrogen and oxygen atoms in total. The summed E-state index contributed by atoms with van der Waals surface area (Å²) in [5.74, 6) is 0.463. The Morgan fingerprint density at radius 1 is 1.59 bits per heavy atom. The van der Waals surface area contributed by atoms with Crippen molar-refractivity contribution in [3.63, 3.8) is 0 Å². The molecule has 1 aromatic heterocycles. The third-order valence-corrected chi connectivity index (χ3v) is 3.84. The van der Waals surface area contributed by atoms with Crippen molar-refractivity contribution >= 4 is 18.1 Å². The van der Waals surface area contributed by atoms with E-state index in [0.717, 1.165) is 5.69 Å². The summed E-state index contributed by atoms with van der Waals surface area (Å²) in [7, 11) is 0. The molecule has 1 fully saturated rings. The number of nitrogens with one attached hydrogen (secondary N) is 1. The fourth-order valence-electron chi connectivity index (χ4n) is 2.75. The van der Waals surface area contributed by atoms with Gasteiger partial charge >= 0.3 is 0 Å². The summed E-state index contributed by atoms with van der Waals surface area (Å²) < 4.78 is 15.9. The van der Waals surface area contributed by atoms with E-state index in [9.17, 15) is 9.59 Å². The SMILES string of the molecule is CC(=O)CNc1cc(C(C)(C)CC2(OC=O)CCOC2)no1. The first-order valence-corrected chi connectivity index (χ1v) is 7.27. The fourth-order valence-corrected chi connectivity index (χ4v) is 2.75.